The molecule has 24 heavy (non-hydrogen) atoms. The molecule has 6 heteroatoms. The maximum Gasteiger partial charge on any atom is 0.226 e. The molecule has 2 heterocycles. The first-order chi connectivity index (χ1) is 11.7. The second-order valence-corrected chi connectivity index (χ2v) is 6.54. The third kappa shape index (κ3) is 2.34. The van der Waals surface area contributed by atoms with Gasteiger partial charge in [-0.3, -0.25) is 9.89 Å². The lowest BCUT2D eigenvalue weighted by Gasteiger charge is -2.45. The van der Waals surface area contributed by atoms with Crippen molar-refractivity contribution >= 4 is 11.7 Å². The van der Waals surface area contributed by atoms with Crippen molar-refractivity contribution in [3.63, 3.8) is 0 Å². The molecular weight excluding hydrogens is 306 g/mol. The molecule has 2 aliphatic rings. The van der Waals surface area contributed by atoms with Gasteiger partial charge in [0.15, 0.2) is 11.6 Å². The quantitative estimate of drug-likeness (QED) is 0.847. The van der Waals surface area contributed by atoms with Gasteiger partial charge in [0.1, 0.15) is 0 Å². The minimum Gasteiger partial charge on any atom is -0.353 e. The number of ether oxygens (including phenoxy) is 2. The number of hydrogen-bond donors (Lipinski definition) is 2. The number of aromatic amines is 1. The van der Waals surface area contributed by atoms with Gasteiger partial charge in [-0.2, -0.15) is 5.10 Å². The van der Waals surface area contributed by atoms with E-state index in [2.05, 4.69) is 27.6 Å². The molecule has 2 aromatic rings. The molecule has 0 radical (unpaired) electrons. The number of benzene rings is 1. The number of nitrogens with one attached hydrogen (secondary N) is 2. The summed E-state index contributed by atoms with van der Waals surface area (Å²) in [5.74, 6) is 0.489. The van der Waals surface area contributed by atoms with E-state index in [-0.39, 0.29) is 11.8 Å². The fraction of sp³-hybridized carbons (Fsp3) is 0.444. The summed E-state index contributed by atoms with van der Waals surface area (Å²) in [6.07, 6.45) is 2.00. The van der Waals surface area contributed by atoms with Gasteiger partial charge in [-0.05, 0) is 5.56 Å². The molecule has 1 aromatic heterocycles. The van der Waals surface area contributed by atoms with Crippen LogP contribution in [0.25, 0.3) is 0 Å². The highest BCUT2D eigenvalue weighted by Crippen LogP contribution is 2.50. The highest BCUT2D eigenvalue weighted by molar-refractivity contribution is 5.94. The summed E-state index contributed by atoms with van der Waals surface area (Å²) in [6.45, 7) is 0. The summed E-state index contributed by atoms with van der Waals surface area (Å²) in [6, 6.07) is 10.1. The summed E-state index contributed by atoms with van der Waals surface area (Å²) in [7, 11) is 3.35. The van der Waals surface area contributed by atoms with E-state index in [1.165, 1.54) is 0 Å². The lowest BCUT2D eigenvalue weighted by Crippen LogP contribution is -2.46. The summed E-state index contributed by atoms with van der Waals surface area (Å²) < 4.78 is 11.0. The molecule has 1 saturated carbocycles. The predicted molar refractivity (Wildman–Crippen MR) is 88.8 cm³/mol. The van der Waals surface area contributed by atoms with E-state index in [0.29, 0.717) is 18.2 Å². The molecule has 0 spiro atoms. The maximum absolute atomic E-state index is 12.1. The number of rotatable bonds is 4. The van der Waals surface area contributed by atoms with Crippen LogP contribution < -0.4 is 5.32 Å². The van der Waals surface area contributed by atoms with Gasteiger partial charge in [0.2, 0.25) is 5.91 Å². The van der Waals surface area contributed by atoms with Crippen LogP contribution in [0.5, 0.6) is 0 Å². The first kappa shape index (κ1) is 15.4. The Balaban J connectivity index is 1.69. The molecule has 2 N–H and O–H groups in total. The molecule has 1 fully saturated rings. The topological polar surface area (TPSA) is 76.2 Å². The molecule has 1 amide bonds. The lowest BCUT2D eigenvalue weighted by molar-refractivity contribution is -0.258. The van der Waals surface area contributed by atoms with Gasteiger partial charge >= 0.3 is 0 Å². The van der Waals surface area contributed by atoms with Crippen molar-refractivity contribution in [2.75, 3.05) is 19.5 Å². The zero-order valence-electron chi connectivity index (χ0n) is 13.8. The van der Waals surface area contributed by atoms with E-state index in [4.69, 9.17) is 9.47 Å². The van der Waals surface area contributed by atoms with Crippen molar-refractivity contribution in [3.05, 3.63) is 47.2 Å². The molecular formula is C18H21N3O3. The first-order valence-electron chi connectivity index (χ1n) is 8.19. The highest BCUT2D eigenvalue weighted by Gasteiger charge is 2.48. The van der Waals surface area contributed by atoms with E-state index >= 15 is 0 Å². The summed E-state index contributed by atoms with van der Waals surface area (Å²) >= 11 is 0. The van der Waals surface area contributed by atoms with Crippen LogP contribution in [0, 0.1) is 0 Å². The van der Waals surface area contributed by atoms with Gasteiger partial charge in [-0.1, -0.05) is 30.3 Å². The number of fused-ring (bicyclic) bond motifs is 1. The third-order valence-corrected chi connectivity index (χ3v) is 5.30. The molecule has 1 aliphatic carbocycles. The highest BCUT2D eigenvalue weighted by atomic mass is 16.7. The van der Waals surface area contributed by atoms with Crippen LogP contribution in [-0.4, -0.2) is 36.1 Å². The average molecular weight is 327 g/mol. The normalized spacial score (nSPS) is 22.6. The molecule has 0 bridgehead atoms. The largest absolute Gasteiger partial charge is 0.353 e. The molecule has 4 rings (SSSR count). The smallest absolute Gasteiger partial charge is 0.226 e. The first-order valence-corrected chi connectivity index (χ1v) is 8.19. The number of anilines is 1. The van der Waals surface area contributed by atoms with Crippen LogP contribution in [-0.2, 0) is 14.3 Å². The third-order valence-electron chi connectivity index (χ3n) is 5.30. The van der Waals surface area contributed by atoms with E-state index in [1.807, 2.05) is 18.2 Å². The molecule has 1 aromatic carbocycles. The number of carbonyl (C=O) groups excluding carboxylic acids is 1. The SMILES string of the molecule is COC1(OC)CC(c2[nH]nc3c2C(c2ccccc2)CC(=O)N3)C1. The lowest BCUT2D eigenvalue weighted by atomic mass is 9.73. The van der Waals surface area contributed by atoms with Crippen molar-refractivity contribution in [3.8, 4) is 0 Å². The van der Waals surface area contributed by atoms with Crippen molar-refractivity contribution in [2.24, 2.45) is 0 Å². The number of hydrogen-bond acceptors (Lipinski definition) is 4. The molecule has 126 valence electrons. The van der Waals surface area contributed by atoms with Crippen molar-refractivity contribution in [1.29, 1.82) is 0 Å². The van der Waals surface area contributed by atoms with Crippen LogP contribution >= 0.6 is 0 Å². The zero-order valence-corrected chi connectivity index (χ0v) is 13.8. The Morgan fingerprint density at radius 1 is 1.17 bits per heavy atom. The Bertz CT molecular complexity index is 744. The summed E-state index contributed by atoms with van der Waals surface area (Å²) in [4.78, 5) is 12.1. The second kappa shape index (κ2) is 5.72. The fourth-order valence-corrected chi connectivity index (χ4v) is 3.88. The number of nitrogens with zero attached hydrogens (tertiary/aromatic N) is 1. The van der Waals surface area contributed by atoms with Gasteiger partial charge in [-0.15, -0.1) is 0 Å². The van der Waals surface area contributed by atoms with E-state index in [0.717, 1.165) is 29.7 Å². The number of methoxy groups -OCH3 is 2. The van der Waals surface area contributed by atoms with E-state index in [1.54, 1.807) is 14.2 Å². The Kier molecular flexibility index (Phi) is 3.66. The average Bonchev–Trinajstić information content (AvgIpc) is 2.98. The summed E-state index contributed by atoms with van der Waals surface area (Å²) in [5, 5.41) is 10.4. The van der Waals surface area contributed by atoms with Crippen molar-refractivity contribution in [2.45, 2.75) is 36.9 Å². The minimum absolute atomic E-state index is 0.00569. The number of amides is 1. The molecule has 0 saturated heterocycles. The predicted octanol–water partition coefficient (Wildman–Crippen LogP) is 2.75. The van der Waals surface area contributed by atoms with Crippen molar-refractivity contribution in [1.82, 2.24) is 10.2 Å². The van der Waals surface area contributed by atoms with Crippen LogP contribution in [0.1, 0.15) is 47.9 Å². The molecule has 1 aliphatic heterocycles. The number of carbonyl (C=O) groups is 1. The van der Waals surface area contributed by atoms with Gasteiger partial charge in [0.05, 0.1) is 0 Å². The standard InChI is InChI=1S/C18H21N3O3/c1-23-18(24-2)9-12(10-18)16-15-13(11-6-4-3-5-7-11)8-14(22)19-17(15)21-20-16/h3-7,12-13H,8-10H2,1-2H3,(H2,19,20,21,22). The summed E-state index contributed by atoms with van der Waals surface area (Å²) in [5.41, 5.74) is 3.33. The molecule has 1 atom stereocenters. The van der Waals surface area contributed by atoms with E-state index < -0.39 is 5.79 Å². The number of aromatic nitrogens is 2. The maximum atomic E-state index is 12.1. The van der Waals surface area contributed by atoms with Gasteiger partial charge < -0.3 is 14.8 Å². The monoisotopic (exact) mass is 327 g/mol. The second-order valence-electron chi connectivity index (χ2n) is 6.54. The van der Waals surface area contributed by atoms with Crippen LogP contribution in [0.4, 0.5) is 5.82 Å². The van der Waals surface area contributed by atoms with Gasteiger partial charge in [-0.25, -0.2) is 0 Å². The minimum atomic E-state index is -0.497. The van der Waals surface area contributed by atoms with Gasteiger partial charge in [0, 0.05) is 56.6 Å². The Morgan fingerprint density at radius 2 is 1.88 bits per heavy atom. The van der Waals surface area contributed by atoms with Crippen LogP contribution in [0.2, 0.25) is 0 Å². The number of H-pyrrole nitrogens is 1. The van der Waals surface area contributed by atoms with Crippen molar-refractivity contribution < 1.29 is 14.3 Å². The fourth-order valence-electron chi connectivity index (χ4n) is 3.88. The van der Waals surface area contributed by atoms with E-state index in [9.17, 15) is 4.79 Å². The molecule has 1 unspecified atom stereocenters. The molecule has 6 nitrogen and oxygen atoms in total. The Morgan fingerprint density at radius 3 is 2.54 bits per heavy atom. The zero-order chi connectivity index (χ0) is 16.7. The Hall–Kier alpha value is -2.18. The van der Waals surface area contributed by atoms with Gasteiger partial charge in [0.25, 0.3) is 0 Å². The van der Waals surface area contributed by atoms with Crippen LogP contribution in [0.15, 0.2) is 30.3 Å². The Labute approximate surface area is 140 Å². The van der Waals surface area contributed by atoms with Crippen LogP contribution in [0.3, 0.4) is 0 Å².